The van der Waals surface area contributed by atoms with Crippen LogP contribution >= 0.6 is 0 Å². The van der Waals surface area contributed by atoms with Crippen molar-refractivity contribution in [2.75, 3.05) is 4.90 Å². The van der Waals surface area contributed by atoms with Crippen LogP contribution in [0.1, 0.15) is 23.2 Å². The number of hydrogen-bond donors (Lipinski definition) is 2. The summed E-state index contributed by atoms with van der Waals surface area (Å²) in [5, 5.41) is 20.5. The Morgan fingerprint density at radius 1 is 0.684 bits per heavy atom. The van der Waals surface area contributed by atoms with Crippen LogP contribution in [0.15, 0.2) is 54.6 Å². The van der Waals surface area contributed by atoms with Gasteiger partial charge in [0.05, 0.1) is 12.1 Å². The van der Waals surface area contributed by atoms with Crippen LogP contribution < -0.4 is 4.90 Å². The summed E-state index contributed by atoms with van der Waals surface area (Å²) in [4.78, 5) is 2.14. The maximum absolute atomic E-state index is 10.3. The zero-order chi connectivity index (χ0) is 13.0. The predicted molar refractivity (Wildman–Crippen MR) is 72.9 cm³/mol. The average Bonchev–Trinajstić information content (AvgIpc) is 2.93. The Balaban J connectivity index is 1.89. The second kappa shape index (κ2) is 3.83. The van der Waals surface area contributed by atoms with Gasteiger partial charge in [0.25, 0.3) is 0 Å². The van der Waals surface area contributed by atoms with Gasteiger partial charge in [-0.25, -0.2) is 0 Å². The largest absolute Gasteiger partial charge is 0.388 e. The van der Waals surface area contributed by atoms with E-state index in [1.165, 1.54) is 0 Å². The van der Waals surface area contributed by atoms with Gasteiger partial charge in [0.1, 0.15) is 12.2 Å². The summed E-state index contributed by atoms with van der Waals surface area (Å²) in [7, 11) is 0. The van der Waals surface area contributed by atoms with E-state index in [0.29, 0.717) is 0 Å². The van der Waals surface area contributed by atoms with Gasteiger partial charge in [0.2, 0.25) is 0 Å². The van der Waals surface area contributed by atoms with Crippen LogP contribution in [-0.4, -0.2) is 22.4 Å². The second-order valence-corrected chi connectivity index (χ2v) is 5.24. The molecule has 96 valence electrons. The number of benzene rings is 2. The van der Waals surface area contributed by atoms with Crippen LogP contribution in [0.4, 0.5) is 5.69 Å². The summed E-state index contributed by atoms with van der Waals surface area (Å²) in [6, 6.07) is 17.8. The van der Waals surface area contributed by atoms with Crippen LogP contribution in [0.5, 0.6) is 0 Å². The van der Waals surface area contributed by atoms with Gasteiger partial charge in [-0.15, -0.1) is 0 Å². The first-order chi connectivity index (χ1) is 9.29. The Morgan fingerprint density at radius 3 is 1.68 bits per heavy atom. The number of nitrogens with zero attached hydrogens (tertiary/aromatic N) is 1. The third-order valence-corrected chi connectivity index (χ3v) is 4.28. The standard InChI is InChI=1S/C16H15NO2/c18-15-13-11-8-4-5-9-12(11)14(16(15)19)17(13)10-6-2-1-3-7-10/h1-9,13-16,18-19H/t13-,14?,15+,16-/m1/s1. The van der Waals surface area contributed by atoms with Crippen molar-refractivity contribution in [2.45, 2.75) is 24.3 Å². The maximum Gasteiger partial charge on any atom is 0.107 e. The Bertz CT molecular complexity index is 578. The Kier molecular flexibility index (Phi) is 2.22. The van der Waals surface area contributed by atoms with Gasteiger partial charge in [-0.1, -0.05) is 42.5 Å². The molecule has 4 atom stereocenters. The third kappa shape index (κ3) is 1.34. The van der Waals surface area contributed by atoms with Gasteiger partial charge in [0, 0.05) is 5.69 Å². The minimum absolute atomic E-state index is 0.140. The smallest absolute Gasteiger partial charge is 0.107 e. The fourth-order valence-corrected chi connectivity index (χ4v) is 3.51. The molecule has 2 heterocycles. The highest BCUT2D eigenvalue weighted by Gasteiger charge is 2.55. The lowest BCUT2D eigenvalue weighted by Gasteiger charge is -2.25. The van der Waals surface area contributed by atoms with E-state index in [1.54, 1.807) is 0 Å². The molecule has 1 unspecified atom stereocenters. The van der Waals surface area contributed by atoms with Gasteiger partial charge in [0.15, 0.2) is 0 Å². The Hall–Kier alpha value is -1.84. The molecule has 0 aromatic heterocycles. The van der Waals surface area contributed by atoms with E-state index in [1.807, 2.05) is 54.6 Å². The zero-order valence-electron chi connectivity index (χ0n) is 10.3. The molecule has 0 radical (unpaired) electrons. The van der Waals surface area contributed by atoms with Crippen molar-refractivity contribution in [1.82, 2.24) is 0 Å². The van der Waals surface area contributed by atoms with E-state index in [0.717, 1.165) is 16.8 Å². The number of para-hydroxylation sites is 1. The van der Waals surface area contributed by atoms with Crippen LogP contribution in [0.3, 0.4) is 0 Å². The lowest BCUT2D eigenvalue weighted by atomic mass is 9.88. The first-order valence-electron chi connectivity index (χ1n) is 6.57. The monoisotopic (exact) mass is 253 g/mol. The summed E-state index contributed by atoms with van der Waals surface area (Å²) in [6.45, 7) is 0. The van der Waals surface area contributed by atoms with Crippen molar-refractivity contribution in [3.05, 3.63) is 65.7 Å². The molecule has 2 N–H and O–H groups in total. The Morgan fingerprint density at radius 2 is 1.16 bits per heavy atom. The average molecular weight is 253 g/mol. The van der Waals surface area contributed by atoms with Crippen molar-refractivity contribution in [1.29, 1.82) is 0 Å². The van der Waals surface area contributed by atoms with E-state index >= 15 is 0 Å². The van der Waals surface area contributed by atoms with E-state index in [-0.39, 0.29) is 12.1 Å². The Labute approximate surface area is 111 Å². The summed E-state index contributed by atoms with van der Waals surface area (Å²) in [6.07, 6.45) is -1.44. The van der Waals surface area contributed by atoms with Crippen molar-refractivity contribution in [3.8, 4) is 0 Å². The first kappa shape index (κ1) is 11.0. The lowest BCUT2D eigenvalue weighted by molar-refractivity contribution is 0.0217. The molecular weight excluding hydrogens is 238 g/mol. The molecule has 4 rings (SSSR count). The highest BCUT2D eigenvalue weighted by Crippen LogP contribution is 2.54. The number of aliphatic hydroxyl groups excluding tert-OH is 2. The fourth-order valence-electron chi connectivity index (χ4n) is 3.51. The molecule has 2 bridgehead atoms. The summed E-state index contributed by atoms with van der Waals surface area (Å²) in [5.74, 6) is 0. The molecule has 2 aromatic carbocycles. The van der Waals surface area contributed by atoms with E-state index in [4.69, 9.17) is 0 Å². The zero-order valence-corrected chi connectivity index (χ0v) is 10.3. The number of anilines is 1. The molecule has 0 amide bonds. The summed E-state index contributed by atoms with van der Waals surface area (Å²) in [5.41, 5.74) is 3.31. The molecule has 0 spiro atoms. The van der Waals surface area contributed by atoms with Gasteiger partial charge in [-0.3, -0.25) is 0 Å². The van der Waals surface area contributed by atoms with Gasteiger partial charge < -0.3 is 15.1 Å². The summed E-state index contributed by atoms with van der Waals surface area (Å²) < 4.78 is 0. The fraction of sp³-hybridized carbons (Fsp3) is 0.250. The van der Waals surface area contributed by atoms with E-state index < -0.39 is 12.2 Å². The number of hydrogen-bond acceptors (Lipinski definition) is 3. The predicted octanol–water partition coefficient (Wildman–Crippen LogP) is 2.02. The highest BCUT2D eigenvalue weighted by atomic mass is 16.3. The number of fused-ring (bicyclic) bond motifs is 5. The normalized spacial score (nSPS) is 31.6. The van der Waals surface area contributed by atoms with Gasteiger partial charge in [-0.2, -0.15) is 0 Å². The molecule has 1 fully saturated rings. The molecule has 1 saturated heterocycles. The van der Waals surface area contributed by atoms with Crippen molar-refractivity contribution < 1.29 is 10.2 Å². The van der Waals surface area contributed by atoms with Crippen LogP contribution in [-0.2, 0) is 0 Å². The SMILES string of the molecule is O[C@@H]1[C@H](O)C2c3ccccc3[C@H]1N2c1ccccc1. The van der Waals surface area contributed by atoms with Crippen molar-refractivity contribution in [3.63, 3.8) is 0 Å². The highest BCUT2D eigenvalue weighted by molar-refractivity contribution is 5.61. The van der Waals surface area contributed by atoms with Crippen LogP contribution in [0.2, 0.25) is 0 Å². The molecule has 3 nitrogen and oxygen atoms in total. The molecule has 3 heteroatoms. The molecule has 2 aliphatic heterocycles. The molecule has 2 aliphatic rings. The molecule has 0 aliphatic carbocycles. The minimum Gasteiger partial charge on any atom is -0.388 e. The van der Waals surface area contributed by atoms with E-state index in [2.05, 4.69) is 4.90 Å². The van der Waals surface area contributed by atoms with Crippen LogP contribution in [0, 0.1) is 0 Å². The van der Waals surface area contributed by atoms with Crippen LogP contribution in [0.25, 0.3) is 0 Å². The number of aliphatic hydroxyl groups is 2. The lowest BCUT2D eigenvalue weighted by Crippen LogP contribution is -2.30. The summed E-state index contributed by atoms with van der Waals surface area (Å²) >= 11 is 0. The molecule has 2 aromatic rings. The van der Waals surface area contributed by atoms with E-state index in [9.17, 15) is 10.2 Å². The first-order valence-corrected chi connectivity index (χ1v) is 6.57. The second-order valence-electron chi connectivity index (χ2n) is 5.24. The maximum atomic E-state index is 10.3. The van der Waals surface area contributed by atoms with Gasteiger partial charge >= 0.3 is 0 Å². The minimum atomic E-state index is -0.722. The van der Waals surface area contributed by atoms with Gasteiger partial charge in [-0.05, 0) is 23.3 Å². The van der Waals surface area contributed by atoms with Crippen molar-refractivity contribution >= 4 is 5.69 Å². The molecular formula is C16H15NO2. The van der Waals surface area contributed by atoms with Crippen molar-refractivity contribution in [2.24, 2.45) is 0 Å². The topological polar surface area (TPSA) is 43.7 Å². The molecule has 19 heavy (non-hydrogen) atoms. The third-order valence-electron chi connectivity index (χ3n) is 4.28. The molecule has 0 saturated carbocycles. The quantitative estimate of drug-likeness (QED) is 0.817. The number of rotatable bonds is 1.